The Bertz CT molecular complexity index is 254. The Morgan fingerprint density at radius 3 is 2.83 bits per heavy atom. The Balaban J connectivity index is 2.58. The molecule has 1 heterocycles. The summed E-state index contributed by atoms with van der Waals surface area (Å²) in [7, 11) is 0. The predicted octanol–water partition coefficient (Wildman–Crippen LogP) is 2.58. The third kappa shape index (κ3) is 3.13. The van der Waals surface area contributed by atoms with E-state index in [1.54, 1.807) is 0 Å². The molecule has 0 aliphatic carbocycles. The Kier molecular flexibility index (Phi) is 3.94. The van der Waals surface area contributed by atoms with Gasteiger partial charge in [-0.2, -0.15) is 10.2 Å². The van der Waals surface area contributed by atoms with Crippen molar-refractivity contribution in [1.82, 2.24) is 10.2 Å². The first kappa shape index (κ1) is 9.39. The lowest BCUT2D eigenvalue weighted by atomic mass is 10.3. The molecule has 0 amide bonds. The van der Waals surface area contributed by atoms with E-state index in [4.69, 9.17) is 0 Å². The normalized spacial score (nSPS) is 10.8. The molecule has 1 aromatic rings. The molecule has 0 saturated heterocycles. The third-order valence-electron chi connectivity index (χ3n) is 1.38. The number of nitrogens with zero attached hydrogens (tertiary/aromatic N) is 2. The van der Waals surface area contributed by atoms with Gasteiger partial charge in [-0.3, -0.25) is 0 Å². The van der Waals surface area contributed by atoms with Crippen LogP contribution in [0, 0.1) is 6.92 Å². The quantitative estimate of drug-likeness (QED) is 0.741. The maximum absolute atomic E-state index is 4.00. The van der Waals surface area contributed by atoms with Crippen molar-refractivity contribution in [2.24, 2.45) is 0 Å². The monoisotopic (exact) mass is 226 g/mol. The molecular formula is C9H11BrN2. The van der Waals surface area contributed by atoms with Crippen LogP contribution in [0.25, 0.3) is 6.08 Å². The average molecular weight is 227 g/mol. The summed E-state index contributed by atoms with van der Waals surface area (Å²) in [5, 5.41) is 8.93. The van der Waals surface area contributed by atoms with Crippen LogP contribution in [-0.4, -0.2) is 15.5 Å². The van der Waals surface area contributed by atoms with E-state index in [9.17, 15) is 0 Å². The van der Waals surface area contributed by atoms with Gasteiger partial charge >= 0.3 is 0 Å². The number of halogens is 1. The van der Waals surface area contributed by atoms with E-state index >= 15 is 0 Å². The molecule has 0 atom stereocenters. The van der Waals surface area contributed by atoms with Crippen molar-refractivity contribution >= 4 is 22.0 Å². The predicted molar refractivity (Wildman–Crippen MR) is 54.2 cm³/mol. The summed E-state index contributed by atoms with van der Waals surface area (Å²) in [6.45, 7) is 1.93. The summed E-state index contributed by atoms with van der Waals surface area (Å²) < 4.78 is 0. The van der Waals surface area contributed by atoms with E-state index < -0.39 is 0 Å². The van der Waals surface area contributed by atoms with Gasteiger partial charge in [0, 0.05) is 5.33 Å². The molecule has 3 heteroatoms. The fraction of sp³-hybridized carbons (Fsp3) is 0.333. The highest BCUT2D eigenvalue weighted by atomic mass is 79.9. The van der Waals surface area contributed by atoms with Gasteiger partial charge in [0.15, 0.2) is 0 Å². The maximum Gasteiger partial charge on any atom is 0.0854 e. The molecule has 0 aliphatic heterocycles. The molecule has 1 rings (SSSR count). The van der Waals surface area contributed by atoms with Gasteiger partial charge in [0.25, 0.3) is 0 Å². The van der Waals surface area contributed by atoms with Crippen molar-refractivity contribution < 1.29 is 0 Å². The van der Waals surface area contributed by atoms with E-state index in [1.807, 2.05) is 25.1 Å². The van der Waals surface area contributed by atoms with Crippen LogP contribution in [0.2, 0.25) is 0 Å². The van der Waals surface area contributed by atoms with E-state index in [2.05, 4.69) is 32.2 Å². The van der Waals surface area contributed by atoms with Gasteiger partial charge < -0.3 is 0 Å². The summed E-state index contributed by atoms with van der Waals surface area (Å²) in [6, 6.07) is 3.92. The van der Waals surface area contributed by atoms with Crippen molar-refractivity contribution in [2.75, 3.05) is 5.33 Å². The molecular weight excluding hydrogens is 216 g/mol. The smallest absolute Gasteiger partial charge is 0.0854 e. The van der Waals surface area contributed by atoms with Crippen molar-refractivity contribution in [1.29, 1.82) is 0 Å². The van der Waals surface area contributed by atoms with E-state index in [1.165, 1.54) is 0 Å². The lowest BCUT2D eigenvalue weighted by Crippen LogP contribution is -1.87. The summed E-state index contributed by atoms with van der Waals surface area (Å²) in [5.41, 5.74) is 1.87. The lowest BCUT2D eigenvalue weighted by Gasteiger charge is -1.91. The summed E-state index contributed by atoms with van der Waals surface area (Å²) in [5.74, 6) is 0. The second-order valence-electron chi connectivity index (χ2n) is 2.48. The Morgan fingerprint density at radius 2 is 2.25 bits per heavy atom. The largest absolute Gasteiger partial charge is 0.155 e. The summed E-state index contributed by atoms with van der Waals surface area (Å²) in [6.07, 6.45) is 5.08. The third-order valence-corrected chi connectivity index (χ3v) is 1.84. The first-order chi connectivity index (χ1) is 5.83. The fourth-order valence-electron chi connectivity index (χ4n) is 0.765. The Labute approximate surface area is 80.8 Å². The minimum absolute atomic E-state index is 0.918. The van der Waals surface area contributed by atoms with Crippen LogP contribution in [-0.2, 0) is 0 Å². The van der Waals surface area contributed by atoms with Crippen LogP contribution >= 0.6 is 15.9 Å². The SMILES string of the molecule is Cc1ccc(C=CCCBr)nn1. The van der Waals surface area contributed by atoms with Gasteiger partial charge in [-0.05, 0) is 31.6 Å². The molecule has 0 spiro atoms. The minimum Gasteiger partial charge on any atom is -0.155 e. The molecule has 1 aromatic heterocycles. The molecule has 64 valence electrons. The van der Waals surface area contributed by atoms with Crippen molar-refractivity contribution in [3.8, 4) is 0 Å². The molecule has 0 aliphatic rings. The number of hydrogen-bond acceptors (Lipinski definition) is 2. The van der Waals surface area contributed by atoms with E-state index in [0.717, 1.165) is 23.1 Å². The van der Waals surface area contributed by atoms with Gasteiger partial charge in [-0.25, -0.2) is 0 Å². The highest BCUT2D eigenvalue weighted by molar-refractivity contribution is 9.09. The number of hydrogen-bond donors (Lipinski definition) is 0. The number of aromatic nitrogens is 2. The summed E-state index contributed by atoms with van der Waals surface area (Å²) in [4.78, 5) is 0. The standard InChI is InChI=1S/C9H11BrN2/c1-8-5-6-9(12-11-8)4-2-3-7-10/h2,4-6H,3,7H2,1H3. The van der Waals surface area contributed by atoms with Gasteiger partial charge in [0.2, 0.25) is 0 Å². The van der Waals surface area contributed by atoms with Crippen molar-refractivity contribution in [2.45, 2.75) is 13.3 Å². The Hall–Kier alpha value is -0.700. The van der Waals surface area contributed by atoms with E-state index in [-0.39, 0.29) is 0 Å². The molecule has 2 nitrogen and oxygen atoms in total. The van der Waals surface area contributed by atoms with Crippen LogP contribution in [0.1, 0.15) is 17.8 Å². The average Bonchev–Trinajstić information content (AvgIpc) is 2.09. The minimum atomic E-state index is 0.918. The Morgan fingerprint density at radius 1 is 1.42 bits per heavy atom. The molecule has 0 saturated carbocycles. The van der Waals surface area contributed by atoms with Gasteiger partial charge in [-0.1, -0.05) is 22.0 Å². The van der Waals surface area contributed by atoms with Crippen molar-refractivity contribution in [3.05, 3.63) is 29.6 Å². The number of aryl methyl sites for hydroxylation is 1. The van der Waals surface area contributed by atoms with E-state index in [0.29, 0.717) is 0 Å². The van der Waals surface area contributed by atoms with Gasteiger partial charge in [-0.15, -0.1) is 0 Å². The first-order valence-electron chi connectivity index (χ1n) is 3.86. The zero-order chi connectivity index (χ0) is 8.81. The van der Waals surface area contributed by atoms with Crippen LogP contribution in [0.4, 0.5) is 0 Å². The topological polar surface area (TPSA) is 25.8 Å². The number of alkyl halides is 1. The van der Waals surface area contributed by atoms with Gasteiger partial charge in [0.05, 0.1) is 11.4 Å². The molecule has 0 unspecified atom stereocenters. The second-order valence-corrected chi connectivity index (χ2v) is 3.27. The molecule has 0 bridgehead atoms. The summed E-state index contributed by atoms with van der Waals surface area (Å²) >= 11 is 3.35. The maximum atomic E-state index is 4.00. The van der Waals surface area contributed by atoms with Crippen molar-refractivity contribution in [3.63, 3.8) is 0 Å². The lowest BCUT2D eigenvalue weighted by molar-refractivity contribution is 0.969. The molecule has 0 fully saturated rings. The molecule has 12 heavy (non-hydrogen) atoms. The molecule has 0 N–H and O–H groups in total. The second kappa shape index (κ2) is 5.04. The molecule has 0 radical (unpaired) electrons. The van der Waals surface area contributed by atoms with Crippen LogP contribution < -0.4 is 0 Å². The first-order valence-corrected chi connectivity index (χ1v) is 4.98. The number of rotatable bonds is 3. The van der Waals surface area contributed by atoms with Crippen LogP contribution in [0.3, 0.4) is 0 Å². The zero-order valence-corrected chi connectivity index (χ0v) is 8.58. The zero-order valence-electron chi connectivity index (χ0n) is 7.00. The highest BCUT2D eigenvalue weighted by Gasteiger charge is 1.87. The highest BCUT2D eigenvalue weighted by Crippen LogP contribution is 1.99. The van der Waals surface area contributed by atoms with Gasteiger partial charge in [0.1, 0.15) is 0 Å². The van der Waals surface area contributed by atoms with Crippen LogP contribution in [0.5, 0.6) is 0 Å². The fourth-order valence-corrected chi connectivity index (χ4v) is 1.03. The van der Waals surface area contributed by atoms with Crippen LogP contribution in [0.15, 0.2) is 18.2 Å². The molecule has 0 aromatic carbocycles. The number of allylic oxidation sites excluding steroid dienone is 1.